The van der Waals surface area contributed by atoms with Gasteiger partial charge in [0.25, 0.3) is 0 Å². The summed E-state index contributed by atoms with van der Waals surface area (Å²) in [6, 6.07) is 42.7. The Bertz CT molecular complexity index is 2080. The van der Waals surface area contributed by atoms with E-state index in [1.165, 1.54) is 30.9 Å². The van der Waals surface area contributed by atoms with E-state index in [2.05, 4.69) is 126 Å². The molecule has 0 radical (unpaired) electrons. The number of fused-ring (bicyclic) bond motifs is 7. The average molecular weight is 521 g/mol. The Kier molecular flexibility index (Phi) is 4.94. The number of rotatable bonds is 2. The van der Waals surface area contributed by atoms with E-state index in [9.17, 15) is 0 Å². The average Bonchev–Trinajstić information content (AvgIpc) is 3.54. The van der Waals surface area contributed by atoms with Crippen LogP contribution >= 0.6 is 11.3 Å². The first-order valence-corrected chi connectivity index (χ1v) is 13.9. The molecule has 7 aromatic rings. The van der Waals surface area contributed by atoms with Gasteiger partial charge in [-0.1, -0.05) is 103 Å². The van der Waals surface area contributed by atoms with Crippen LogP contribution in [0.5, 0.6) is 0 Å². The molecule has 4 nitrogen and oxygen atoms in total. The molecule has 0 bridgehead atoms. The van der Waals surface area contributed by atoms with Crippen LogP contribution in [0, 0.1) is 0 Å². The lowest BCUT2D eigenvalue weighted by Crippen LogP contribution is -2.36. The van der Waals surface area contributed by atoms with E-state index < -0.39 is 0 Å². The van der Waals surface area contributed by atoms with Crippen LogP contribution in [0.25, 0.3) is 42.0 Å². The number of aliphatic imine (C=N–C) groups is 2. The largest absolute Gasteiger partial charge is 0.333 e. The highest BCUT2D eigenvalue weighted by Crippen LogP contribution is 2.42. The van der Waals surface area contributed by atoms with Crippen molar-refractivity contribution in [3.63, 3.8) is 0 Å². The lowest BCUT2D eigenvalue weighted by molar-refractivity contribution is 0.381. The van der Waals surface area contributed by atoms with Crippen molar-refractivity contribution in [2.24, 2.45) is 9.98 Å². The van der Waals surface area contributed by atoms with Crippen LogP contribution in [0.4, 0.5) is 0 Å². The smallest absolute Gasteiger partial charge is 0.234 e. The third-order valence-corrected chi connectivity index (χ3v) is 8.86. The van der Waals surface area contributed by atoms with Crippen LogP contribution < -0.4 is 0 Å². The summed E-state index contributed by atoms with van der Waals surface area (Å²) in [6.07, 6.45) is -0.196. The maximum Gasteiger partial charge on any atom is 0.234 e. The van der Waals surface area contributed by atoms with Crippen molar-refractivity contribution in [1.82, 2.24) is 9.47 Å². The molecule has 3 heterocycles. The Morgan fingerprint density at radius 2 is 1.33 bits per heavy atom. The van der Waals surface area contributed by atoms with Crippen LogP contribution in [-0.4, -0.2) is 28.3 Å². The van der Waals surface area contributed by atoms with Gasteiger partial charge in [-0.3, -0.25) is 4.57 Å². The molecule has 5 aromatic carbocycles. The van der Waals surface area contributed by atoms with Crippen LogP contribution in [0.3, 0.4) is 0 Å². The van der Waals surface area contributed by atoms with Gasteiger partial charge in [0.2, 0.25) is 5.96 Å². The number of para-hydroxylation sites is 1. The van der Waals surface area contributed by atoms with Crippen molar-refractivity contribution < 1.29 is 0 Å². The van der Waals surface area contributed by atoms with Gasteiger partial charge in [-0.15, -0.1) is 11.3 Å². The summed E-state index contributed by atoms with van der Waals surface area (Å²) in [6.45, 7) is 0. The minimum absolute atomic E-state index is 0.196. The fraction of sp³-hybridized carbons (Fsp3) is 0.0588. The number of nitrogens with zero attached hydrogens (tertiary/aromatic N) is 4. The minimum atomic E-state index is -0.196. The monoisotopic (exact) mass is 520 g/mol. The van der Waals surface area contributed by atoms with Crippen molar-refractivity contribution in [3.05, 3.63) is 132 Å². The summed E-state index contributed by atoms with van der Waals surface area (Å²) in [5.74, 6) is 1.61. The first kappa shape index (κ1) is 22.3. The third kappa shape index (κ3) is 3.37. The molecule has 0 spiro atoms. The van der Waals surface area contributed by atoms with E-state index >= 15 is 0 Å². The Morgan fingerprint density at radius 1 is 0.641 bits per heavy atom. The molecule has 5 heteroatoms. The molecule has 186 valence electrons. The summed E-state index contributed by atoms with van der Waals surface area (Å²) >= 11 is 1.86. The van der Waals surface area contributed by atoms with Crippen molar-refractivity contribution >= 4 is 65.1 Å². The van der Waals surface area contributed by atoms with Gasteiger partial charge < -0.3 is 4.90 Å². The van der Waals surface area contributed by atoms with Gasteiger partial charge in [0.1, 0.15) is 5.84 Å². The molecule has 1 aliphatic heterocycles. The molecule has 0 fully saturated rings. The number of hydrogen-bond acceptors (Lipinski definition) is 4. The lowest BCUT2D eigenvalue weighted by Gasteiger charge is -2.32. The molecular weight excluding hydrogens is 496 g/mol. The first-order valence-electron chi connectivity index (χ1n) is 13.1. The van der Waals surface area contributed by atoms with Gasteiger partial charge in [-0.25, -0.2) is 4.99 Å². The standard InChI is InChI=1S/C34H24N4S/c1-37-32(22-12-4-2-5-13-22)35-34(36-33(37)23-14-6-3-7-15-23)38-27-18-10-8-17-26(27)30-28(38)21-20-25-24-16-9-11-19-29(24)39-31(25)30/h2-21,32H,1H3. The number of aromatic nitrogens is 1. The van der Waals surface area contributed by atoms with E-state index in [1.54, 1.807) is 0 Å². The molecule has 1 unspecified atom stereocenters. The second kappa shape index (κ2) is 8.65. The van der Waals surface area contributed by atoms with Crippen LogP contribution in [0.2, 0.25) is 0 Å². The van der Waals surface area contributed by atoms with Crippen LogP contribution in [0.1, 0.15) is 17.3 Å². The van der Waals surface area contributed by atoms with Gasteiger partial charge in [0.05, 0.1) is 11.0 Å². The van der Waals surface area contributed by atoms with E-state index in [1.807, 2.05) is 23.5 Å². The molecule has 1 atom stereocenters. The van der Waals surface area contributed by atoms with Crippen LogP contribution in [0.15, 0.2) is 131 Å². The summed E-state index contributed by atoms with van der Waals surface area (Å²) < 4.78 is 4.87. The quantitative estimate of drug-likeness (QED) is 0.225. The van der Waals surface area contributed by atoms with Crippen molar-refractivity contribution in [1.29, 1.82) is 0 Å². The van der Waals surface area contributed by atoms with Gasteiger partial charge in [0, 0.05) is 43.6 Å². The topological polar surface area (TPSA) is 32.9 Å². The second-order valence-electron chi connectivity index (χ2n) is 9.91. The summed E-state index contributed by atoms with van der Waals surface area (Å²) in [5.41, 5.74) is 4.44. The fourth-order valence-corrected chi connectivity index (χ4v) is 7.11. The third-order valence-electron chi connectivity index (χ3n) is 7.65. The SMILES string of the molecule is CN1C(c2ccccc2)=NC(n2c3ccccc3c3c4sc5ccccc5c4ccc32)=NC1c1ccccc1. The molecule has 2 aromatic heterocycles. The second-order valence-corrected chi connectivity index (χ2v) is 11.0. The van der Waals surface area contributed by atoms with Gasteiger partial charge in [-0.05, 0) is 23.8 Å². The van der Waals surface area contributed by atoms with Gasteiger partial charge in [-0.2, -0.15) is 4.99 Å². The summed E-state index contributed by atoms with van der Waals surface area (Å²) in [7, 11) is 2.08. The predicted molar refractivity (Wildman–Crippen MR) is 165 cm³/mol. The number of benzene rings is 5. The zero-order valence-corrected chi connectivity index (χ0v) is 22.1. The van der Waals surface area contributed by atoms with Crippen molar-refractivity contribution in [3.8, 4) is 0 Å². The summed E-state index contributed by atoms with van der Waals surface area (Å²) in [5, 5.41) is 5.09. The number of thiophene rings is 1. The number of hydrogen-bond donors (Lipinski definition) is 0. The molecule has 8 rings (SSSR count). The minimum Gasteiger partial charge on any atom is -0.333 e. The van der Waals surface area contributed by atoms with E-state index in [0.717, 1.165) is 28.0 Å². The van der Waals surface area contributed by atoms with E-state index in [4.69, 9.17) is 9.98 Å². The molecule has 0 amide bonds. The molecule has 0 saturated heterocycles. The summed E-state index contributed by atoms with van der Waals surface area (Å²) in [4.78, 5) is 12.7. The lowest BCUT2D eigenvalue weighted by atomic mass is 10.1. The Balaban J connectivity index is 1.45. The highest BCUT2D eigenvalue weighted by molar-refractivity contribution is 7.26. The highest BCUT2D eigenvalue weighted by Gasteiger charge is 2.28. The molecule has 0 aliphatic carbocycles. The maximum absolute atomic E-state index is 5.30. The van der Waals surface area contributed by atoms with E-state index in [-0.39, 0.29) is 6.17 Å². The Labute approximate surface area is 229 Å². The fourth-order valence-electron chi connectivity index (χ4n) is 5.85. The van der Waals surface area contributed by atoms with Gasteiger partial charge in [0.15, 0.2) is 6.17 Å². The van der Waals surface area contributed by atoms with Crippen LogP contribution in [-0.2, 0) is 0 Å². The molecule has 0 saturated carbocycles. The zero-order valence-electron chi connectivity index (χ0n) is 21.3. The predicted octanol–water partition coefficient (Wildman–Crippen LogP) is 8.46. The maximum atomic E-state index is 5.30. The number of amidine groups is 1. The van der Waals surface area contributed by atoms with Gasteiger partial charge >= 0.3 is 0 Å². The highest BCUT2D eigenvalue weighted by atomic mass is 32.1. The molecule has 39 heavy (non-hydrogen) atoms. The molecular formula is C34H24N4S. The first-order chi connectivity index (χ1) is 19.3. The van der Waals surface area contributed by atoms with Crippen molar-refractivity contribution in [2.75, 3.05) is 7.05 Å². The Morgan fingerprint density at radius 3 is 2.15 bits per heavy atom. The van der Waals surface area contributed by atoms with E-state index in [0.29, 0.717) is 5.96 Å². The molecule has 0 N–H and O–H groups in total. The normalized spacial score (nSPS) is 15.8. The molecule has 1 aliphatic rings. The zero-order chi connectivity index (χ0) is 25.9. The van der Waals surface area contributed by atoms with Crippen molar-refractivity contribution in [2.45, 2.75) is 6.17 Å². The Hall–Kier alpha value is -4.74.